The molecule has 0 aromatic carbocycles. The molecule has 0 saturated carbocycles. The highest BCUT2D eigenvalue weighted by molar-refractivity contribution is 7.18. The lowest BCUT2D eigenvalue weighted by Crippen LogP contribution is -2.06. The van der Waals surface area contributed by atoms with Crippen LogP contribution in [0.5, 0.6) is 0 Å². The van der Waals surface area contributed by atoms with E-state index in [0.717, 1.165) is 19.3 Å². The Labute approximate surface area is 105 Å². The average Bonchev–Trinajstić information content (AvgIpc) is 2.65. The summed E-state index contributed by atoms with van der Waals surface area (Å²) in [6.45, 7) is 2.09. The number of carbonyl (C=O) groups excluding carboxylic acids is 2. The van der Waals surface area contributed by atoms with Crippen LogP contribution < -0.4 is 0 Å². The summed E-state index contributed by atoms with van der Waals surface area (Å²) in [4.78, 5) is 23.7. The molecule has 88 valence electrons. The molecule has 0 unspecified atom stereocenters. The van der Waals surface area contributed by atoms with Crippen LogP contribution in [0.2, 0.25) is 4.34 Å². The fourth-order valence-electron chi connectivity index (χ4n) is 1.39. The molecule has 1 aromatic rings. The van der Waals surface area contributed by atoms with Crippen molar-refractivity contribution >= 4 is 34.5 Å². The van der Waals surface area contributed by atoms with Gasteiger partial charge in [0.2, 0.25) is 0 Å². The summed E-state index contributed by atoms with van der Waals surface area (Å²) < 4.78 is 0.585. The van der Waals surface area contributed by atoms with E-state index in [4.69, 9.17) is 11.6 Å². The van der Waals surface area contributed by atoms with Crippen LogP contribution >= 0.6 is 22.9 Å². The Morgan fingerprint density at radius 3 is 2.62 bits per heavy atom. The zero-order valence-electron chi connectivity index (χ0n) is 9.29. The Morgan fingerprint density at radius 2 is 2.06 bits per heavy atom. The summed E-state index contributed by atoms with van der Waals surface area (Å²) in [5, 5.41) is 0. The van der Waals surface area contributed by atoms with Gasteiger partial charge in [-0.15, -0.1) is 11.3 Å². The van der Waals surface area contributed by atoms with Crippen molar-refractivity contribution in [3.05, 3.63) is 21.3 Å². The lowest BCUT2D eigenvalue weighted by molar-refractivity contribution is -0.118. The van der Waals surface area contributed by atoms with Crippen LogP contribution in [-0.4, -0.2) is 11.6 Å². The second-order valence-electron chi connectivity index (χ2n) is 3.70. The molecule has 0 amide bonds. The van der Waals surface area contributed by atoms with Gasteiger partial charge >= 0.3 is 0 Å². The van der Waals surface area contributed by atoms with Gasteiger partial charge in [-0.1, -0.05) is 31.4 Å². The Hall–Kier alpha value is -0.670. The minimum atomic E-state index is -0.113. The van der Waals surface area contributed by atoms with Gasteiger partial charge in [-0.2, -0.15) is 0 Å². The SMILES string of the molecule is CCCCCC(=O)CC(=O)c1ccc(Cl)s1. The number of thiophene rings is 1. The van der Waals surface area contributed by atoms with E-state index in [9.17, 15) is 9.59 Å². The molecule has 0 aliphatic rings. The Bertz CT molecular complexity index is 371. The summed E-state index contributed by atoms with van der Waals surface area (Å²) in [7, 11) is 0. The number of hydrogen-bond acceptors (Lipinski definition) is 3. The minimum Gasteiger partial charge on any atom is -0.299 e. The molecule has 0 atom stereocenters. The van der Waals surface area contributed by atoms with Gasteiger partial charge in [0, 0.05) is 6.42 Å². The van der Waals surface area contributed by atoms with Crippen molar-refractivity contribution in [1.29, 1.82) is 0 Å². The Kier molecular flexibility index (Phi) is 5.71. The molecule has 1 rings (SSSR count). The van der Waals surface area contributed by atoms with Crippen LogP contribution in [0.3, 0.4) is 0 Å². The monoisotopic (exact) mass is 258 g/mol. The summed E-state index contributed by atoms with van der Waals surface area (Å²) in [5.41, 5.74) is 0. The molecule has 1 aromatic heterocycles. The lowest BCUT2D eigenvalue weighted by atomic mass is 10.1. The topological polar surface area (TPSA) is 34.1 Å². The van der Waals surface area contributed by atoms with Crippen LogP contribution in [0.4, 0.5) is 0 Å². The van der Waals surface area contributed by atoms with E-state index in [0.29, 0.717) is 15.6 Å². The van der Waals surface area contributed by atoms with Gasteiger partial charge in [0.25, 0.3) is 0 Å². The number of halogens is 1. The normalized spacial score (nSPS) is 10.4. The van der Waals surface area contributed by atoms with Gasteiger partial charge in [0.15, 0.2) is 5.78 Å². The fourth-order valence-corrected chi connectivity index (χ4v) is 2.37. The summed E-state index contributed by atoms with van der Waals surface area (Å²) in [6.07, 6.45) is 3.54. The molecule has 16 heavy (non-hydrogen) atoms. The maximum atomic E-state index is 11.6. The first-order chi connectivity index (χ1) is 7.63. The van der Waals surface area contributed by atoms with Crippen molar-refractivity contribution in [1.82, 2.24) is 0 Å². The molecule has 0 aliphatic carbocycles. The van der Waals surface area contributed by atoms with Gasteiger partial charge in [-0.3, -0.25) is 9.59 Å². The Balaban J connectivity index is 2.37. The smallest absolute Gasteiger partial charge is 0.180 e. The molecular weight excluding hydrogens is 244 g/mol. The number of unbranched alkanes of at least 4 members (excludes halogenated alkanes) is 2. The average molecular weight is 259 g/mol. The molecule has 0 bridgehead atoms. The molecule has 2 nitrogen and oxygen atoms in total. The molecule has 0 fully saturated rings. The third kappa shape index (κ3) is 4.45. The van der Waals surface area contributed by atoms with E-state index >= 15 is 0 Å². The van der Waals surface area contributed by atoms with Gasteiger partial charge in [-0.05, 0) is 18.6 Å². The summed E-state index contributed by atoms with van der Waals surface area (Å²) >= 11 is 6.95. The molecule has 0 spiro atoms. The van der Waals surface area contributed by atoms with Crippen LogP contribution in [-0.2, 0) is 4.79 Å². The van der Waals surface area contributed by atoms with Gasteiger partial charge in [0.1, 0.15) is 5.78 Å². The highest BCUT2D eigenvalue weighted by atomic mass is 35.5. The van der Waals surface area contributed by atoms with Crippen molar-refractivity contribution in [3.8, 4) is 0 Å². The highest BCUT2D eigenvalue weighted by Crippen LogP contribution is 2.22. The third-order valence-electron chi connectivity index (χ3n) is 2.26. The summed E-state index contributed by atoms with van der Waals surface area (Å²) in [5.74, 6) is -0.0821. The first-order valence-electron chi connectivity index (χ1n) is 5.43. The van der Waals surface area contributed by atoms with Crippen LogP contribution in [0.15, 0.2) is 12.1 Å². The van der Waals surface area contributed by atoms with E-state index in [-0.39, 0.29) is 18.0 Å². The van der Waals surface area contributed by atoms with E-state index < -0.39 is 0 Å². The summed E-state index contributed by atoms with van der Waals surface area (Å²) in [6, 6.07) is 3.36. The zero-order chi connectivity index (χ0) is 12.0. The number of rotatable bonds is 7. The predicted molar refractivity (Wildman–Crippen MR) is 67.4 cm³/mol. The van der Waals surface area contributed by atoms with E-state index in [1.54, 1.807) is 12.1 Å². The Morgan fingerprint density at radius 1 is 1.31 bits per heavy atom. The standard InChI is InChI=1S/C12H15ClO2S/c1-2-3-4-5-9(14)8-10(15)11-6-7-12(13)16-11/h6-7H,2-5,8H2,1H3. The van der Waals surface area contributed by atoms with Crippen LogP contribution in [0, 0.1) is 0 Å². The van der Waals surface area contributed by atoms with Crippen LogP contribution in [0.1, 0.15) is 48.7 Å². The lowest BCUT2D eigenvalue weighted by Gasteiger charge is -1.98. The number of Topliss-reactive ketones (excluding diaryl/α,β-unsaturated/α-hetero) is 2. The second kappa shape index (κ2) is 6.81. The van der Waals surface area contributed by atoms with Crippen molar-refractivity contribution in [3.63, 3.8) is 0 Å². The number of hydrogen-bond donors (Lipinski definition) is 0. The van der Waals surface area contributed by atoms with Crippen molar-refractivity contribution in [2.24, 2.45) is 0 Å². The second-order valence-corrected chi connectivity index (χ2v) is 5.41. The van der Waals surface area contributed by atoms with Crippen molar-refractivity contribution < 1.29 is 9.59 Å². The quantitative estimate of drug-likeness (QED) is 0.419. The molecular formula is C12H15ClO2S. The molecule has 1 heterocycles. The highest BCUT2D eigenvalue weighted by Gasteiger charge is 2.13. The predicted octanol–water partition coefficient (Wildman–Crippen LogP) is 4.12. The van der Waals surface area contributed by atoms with Gasteiger partial charge in [0.05, 0.1) is 15.6 Å². The molecule has 4 heteroatoms. The number of carbonyl (C=O) groups is 2. The first kappa shape index (κ1) is 13.4. The minimum absolute atomic E-state index is 0.0144. The maximum absolute atomic E-state index is 11.6. The molecule has 0 N–H and O–H groups in total. The van der Waals surface area contributed by atoms with Crippen molar-refractivity contribution in [2.75, 3.05) is 0 Å². The molecule has 0 radical (unpaired) electrons. The van der Waals surface area contributed by atoms with Crippen molar-refractivity contribution in [2.45, 2.75) is 39.0 Å². The van der Waals surface area contributed by atoms with E-state index in [1.165, 1.54) is 11.3 Å². The largest absolute Gasteiger partial charge is 0.299 e. The third-order valence-corrected chi connectivity index (χ3v) is 3.54. The first-order valence-corrected chi connectivity index (χ1v) is 6.63. The van der Waals surface area contributed by atoms with Gasteiger partial charge < -0.3 is 0 Å². The maximum Gasteiger partial charge on any atom is 0.180 e. The molecule has 0 saturated heterocycles. The van der Waals surface area contributed by atoms with E-state index in [2.05, 4.69) is 6.92 Å². The van der Waals surface area contributed by atoms with E-state index in [1.807, 2.05) is 0 Å². The molecule has 0 aliphatic heterocycles. The van der Waals surface area contributed by atoms with Crippen LogP contribution in [0.25, 0.3) is 0 Å². The zero-order valence-corrected chi connectivity index (χ0v) is 10.9. The number of ketones is 2. The van der Waals surface area contributed by atoms with Gasteiger partial charge in [-0.25, -0.2) is 0 Å². The fraction of sp³-hybridized carbons (Fsp3) is 0.500.